The molecule has 0 aliphatic heterocycles. The number of thiazole rings is 1. The lowest BCUT2D eigenvalue weighted by Crippen LogP contribution is -2.38. The largest absolute Gasteiger partial charge is 0.469 e. The van der Waals surface area contributed by atoms with Crippen molar-refractivity contribution in [3.63, 3.8) is 0 Å². The molecule has 1 atom stereocenters. The van der Waals surface area contributed by atoms with E-state index >= 15 is 0 Å². The molecule has 0 aromatic carbocycles. The number of rotatable bonds is 4. The van der Waals surface area contributed by atoms with Crippen molar-refractivity contribution in [2.45, 2.75) is 27.2 Å². The molecule has 0 fully saturated rings. The number of ether oxygens (including phenoxy) is 1. The van der Waals surface area contributed by atoms with Crippen LogP contribution in [0.5, 0.6) is 0 Å². The summed E-state index contributed by atoms with van der Waals surface area (Å²) >= 11 is 1.61. The van der Waals surface area contributed by atoms with E-state index in [1.54, 1.807) is 11.3 Å². The van der Waals surface area contributed by atoms with Crippen LogP contribution in [0.2, 0.25) is 0 Å². The second-order valence-corrected chi connectivity index (χ2v) is 5.47. The van der Waals surface area contributed by atoms with Crippen molar-refractivity contribution >= 4 is 17.3 Å². The van der Waals surface area contributed by atoms with E-state index in [-0.39, 0.29) is 12.5 Å². The zero-order chi connectivity index (χ0) is 12.3. The predicted octanol–water partition coefficient (Wildman–Crippen LogP) is 1.44. The van der Waals surface area contributed by atoms with E-state index in [0.29, 0.717) is 6.42 Å². The predicted molar refractivity (Wildman–Crippen MR) is 64.5 cm³/mol. The van der Waals surface area contributed by atoms with Crippen LogP contribution in [0, 0.1) is 19.3 Å². The number of aryl methyl sites for hydroxylation is 2. The van der Waals surface area contributed by atoms with Gasteiger partial charge >= 0.3 is 5.97 Å². The number of hydrogen-bond donors (Lipinski definition) is 1. The Morgan fingerprint density at radius 1 is 1.56 bits per heavy atom. The monoisotopic (exact) mass is 242 g/mol. The molecule has 2 N–H and O–H groups in total. The minimum absolute atomic E-state index is 0.261. The Balaban J connectivity index is 2.88. The fourth-order valence-electron chi connectivity index (χ4n) is 1.42. The van der Waals surface area contributed by atoms with Gasteiger partial charge in [0.2, 0.25) is 0 Å². The summed E-state index contributed by atoms with van der Waals surface area (Å²) < 4.78 is 4.77. The number of carbonyl (C=O) groups is 1. The first-order chi connectivity index (χ1) is 7.42. The van der Waals surface area contributed by atoms with Gasteiger partial charge in [-0.15, -0.1) is 11.3 Å². The molecule has 4 nitrogen and oxygen atoms in total. The molecule has 16 heavy (non-hydrogen) atoms. The molecule has 0 spiro atoms. The molecular weight excluding hydrogens is 224 g/mol. The number of hydrogen-bond acceptors (Lipinski definition) is 5. The third kappa shape index (κ3) is 2.59. The van der Waals surface area contributed by atoms with E-state index in [2.05, 4.69) is 4.98 Å². The van der Waals surface area contributed by atoms with Gasteiger partial charge in [0.15, 0.2) is 0 Å². The number of methoxy groups -OCH3 is 1. The van der Waals surface area contributed by atoms with Gasteiger partial charge < -0.3 is 10.5 Å². The molecule has 0 amide bonds. The Morgan fingerprint density at radius 3 is 2.56 bits per heavy atom. The van der Waals surface area contributed by atoms with Crippen LogP contribution in [0.25, 0.3) is 0 Å². The number of nitrogens with two attached hydrogens (primary N) is 1. The first-order valence-electron chi connectivity index (χ1n) is 5.14. The summed E-state index contributed by atoms with van der Waals surface area (Å²) in [5.74, 6) is -0.277. The van der Waals surface area contributed by atoms with Crippen LogP contribution in [0.15, 0.2) is 0 Å². The van der Waals surface area contributed by atoms with Crippen molar-refractivity contribution in [3.8, 4) is 0 Å². The maximum absolute atomic E-state index is 11.6. The second-order valence-electron chi connectivity index (χ2n) is 4.18. The van der Waals surface area contributed by atoms with Gasteiger partial charge in [-0.2, -0.15) is 0 Å². The van der Waals surface area contributed by atoms with Crippen LogP contribution < -0.4 is 5.73 Å². The maximum atomic E-state index is 11.6. The molecule has 1 unspecified atom stereocenters. The van der Waals surface area contributed by atoms with E-state index in [1.165, 1.54) is 12.0 Å². The Bertz CT molecular complexity index is 370. The van der Waals surface area contributed by atoms with Crippen LogP contribution in [0.4, 0.5) is 0 Å². The average molecular weight is 242 g/mol. The fourth-order valence-corrected chi connectivity index (χ4v) is 2.54. The van der Waals surface area contributed by atoms with Crippen molar-refractivity contribution in [2.24, 2.45) is 11.1 Å². The standard InChI is InChI=1S/C11H18N2O2S/c1-7-8(2)16-9(13-7)5-11(3,6-12)10(14)15-4/h5-6,12H2,1-4H3. The van der Waals surface area contributed by atoms with Crippen LogP contribution in [0.3, 0.4) is 0 Å². The minimum atomic E-state index is -0.675. The summed E-state index contributed by atoms with van der Waals surface area (Å²) in [6.45, 7) is 6.06. The van der Waals surface area contributed by atoms with Gasteiger partial charge in [-0.25, -0.2) is 4.98 Å². The topological polar surface area (TPSA) is 65.2 Å². The molecule has 1 heterocycles. The maximum Gasteiger partial charge on any atom is 0.313 e. The van der Waals surface area contributed by atoms with Gasteiger partial charge in [0.1, 0.15) is 0 Å². The van der Waals surface area contributed by atoms with E-state index in [0.717, 1.165) is 10.7 Å². The highest BCUT2D eigenvalue weighted by Crippen LogP contribution is 2.26. The van der Waals surface area contributed by atoms with Crippen LogP contribution in [-0.2, 0) is 16.0 Å². The van der Waals surface area contributed by atoms with Crippen molar-refractivity contribution < 1.29 is 9.53 Å². The Kier molecular flexibility index (Phi) is 4.04. The summed E-state index contributed by atoms with van der Waals surface area (Å²) in [5.41, 5.74) is 5.99. The molecule has 0 bridgehead atoms. The molecule has 5 heteroatoms. The smallest absolute Gasteiger partial charge is 0.313 e. The van der Waals surface area contributed by atoms with Gasteiger partial charge in [0, 0.05) is 17.8 Å². The summed E-state index contributed by atoms with van der Waals surface area (Å²) in [6, 6.07) is 0. The first kappa shape index (κ1) is 13.1. The quantitative estimate of drug-likeness (QED) is 0.811. The lowest BCUT2D eigenvalue weighted by Gasteiger charge is -2.23. The van der Waals surface area contributed by atoms with Crippen LogP contribution in [0.1, 0.15) is 22.5 Å². The van der Waals surface area contributed by atoms with Crippen LogP contribution in [-0.4, -0.2) is 24.6 Å². The van der Waals surface area contributed by atoms with Gasteiger partial charge in [0.25, 0.3) is 0 Å². The average Bonchev–Trinajstić information content (AvgIpc) is 2.56. The van der Waals surface area contributed by atoms with Gasteiger partial charge in [-0.1, -0.05) is 0 Å². The highest BCUT2D eigenvalue weighted by molar-refractivity contribution is 7.11. The fraction of sp³-hybridized carbons (Fsp3) is 0.636. The van der Waals surface area contributed by atoms with E-state index < -0.39 is 5.41 Å². The van der Waals surface area contributed by atoms with Crippen molar-refractivity contribution in [2.75, 3.05) is 13.7 Å². The highest BCUT2D eigenvalue weighted by atomic mass is 32.1. The molecule has 0 saturated carbocycles. The molecule has 90 valence electrons. The number of carbonyl (C=O) groups excluding carboxylic acids is 1. The highest BCUT2D eigenvalue weighted by Gasteiger charge is 2.34. The molecular formula is C11H18N2O2S. The zero-order valence-electron chi connectivity index (χ0n) is 10.2. The van der Waals surface area contributed by atoms with Crippen molar-refractivity contribution in [1.29, 1.82) is 0 Å². The van der Waals surface area contributed by atoms with E-state index in [4.69, 9.17) is 10.5 Å². The molecule has 0 aliphatic rings. The molecule has 0 aliphatic carbocycles. The Morgan fingerprint density at radius 2 is 2.19 bits per heavy atom. The number of nitrogens with zero attached hydrogens (tertiary/aromatic N) is 1. The summed E-state index contributed by atoms with van der Waals surface area (Å²) in [7, 11) is 1.38. The van der Waals surface area contributed by atoms with E-state index in [1.807, 2.05) is 20.8 Å². The van der Waals surface area contributed by atoms with Gasteiger partial charge in [-0.3, -0.25) is 4.79 Å². The molecule has 0 saturated heterocycles. The summed E-state index contributed by atoms with van der Waals surface area (Å²) in [5, 5.41) is 0.938. The number of aromatic nitrogens is 1. The van der Waals surface area contributed by atoms with Gasteiger partial charge in [-0.05, 0) is 20.8 Å². The second kappa shape index (κ2) is 4.93. The molecule has 1 aromatic heterocycles. The van der Waals surface area contributed by atoms with Crippen molar-refractivity contribution in [1.82, 2.24) is 4.98 Å². The summed E-state index contributed by atoms with van der Waals surface area (Å²) in [4.78, 5) is 17.2. The third-order valence-corrected chi connectivity index (χ3v) is 3.82. The molecule has 0 radical (unpaired) electrons. The number of esters is 1. The first-order valence-corrected chi connectivity index (χ1v) is 5.96. The zero-order valence-corrected chi connectivity index (χ0v) is 11.0. The molecule has 1 rings (SSSR count). The third-order valence-electron chi connectivity index (χ3n) is 2.74. The van der Waals surface area contributed by atoms with E-state index in [9.17, 15) is 4.79 Å². The Hall–Kier alpha value is -0.940. The van der Waals surface area contributed by atoms with Crippen LogP contribution >= 0.6 is 11.3 Å². The molecule has 1 aromatic rings. The SMILES string of the molecule is COC(=O)C(C)(CN)Cc1nc(C)c(C)s1. The Labute approximate surface area is 99.8 Å². The lowest BCUT2D eigenvalue weighted by atomic mass is 9.87. The normalized spacial score (nSPS) is 14.6. The summed E-state index contributed by atoms with van der Waals surface area (Å²) in [6.07, 6.45) is 0.537. The van der Waals surface area contributed by atoms with Gasteiger partial charge in [0.05, 0.1) is 23.2 Å². The minimum Gasteiger partial charge on any atom is -0.469 e. The van der Waals surface area contributed by atoms with Crippen molar-refractivity contribution in [3.05, 3.63) is 15.6 Å². The lowest BCUT2D eigenvalue weighted by molar-refractivity contribution is -0.151.